The Bertz CT molecular complexity index is 443. The van der Waals surface area contributed by atoms with Gasteiger partial charge < -0.3 is 15.2 Å². The number of hydrogen-bond acceptors (Lipinski definition) is 4. The highest BCUT2D eigenvalue weighted by Gasteiger charge is 2.31. The lowest BCUT2D eigenvalue weighted by Crippen LogP contribution is -2.14. The van der Waals surface area contributed by atoms with E-state index in [1.54, 1.807) is 12.1 Å². The molecule has 0 bridgehead atoms. The van der Waals surface area contributed by atoms with E-state index in [0.717, 1.165) is 0 Å². The average Bonchev–Trinajstić information content (AvgIpc) is 2.59. The van der Waals surface area contributed by atoms with E-state index in [1.165, 1.54) is 0 Å². The Morgan fingerprint density at radius 1 is 1.50 bits per heavy atom. The summed E-state index contributed by atoms with van der Waals surface area (Å²) in [5, 5.41) is 0. The number of benzene rings is 1. The number of aliphatic imine (C=N–C) groups is 1. The Morgan fingerprint density at radius 3 is 2.88 bits per heavy atom. The fourth-order valence-electron chi connectivity index (χ4n) is 1.55. The summed E-state index contributed by atoms with van der Waals surface area (Å²) in [6.45, 7) is 2.40. The van der Waals surface area contributed by atoms with Crippen LogP contribution in [0.15, 0.2) is 29.3 Å². The van der Waals surface area contributed by atoms with Gasteiger partial charge in [0.2, 0.25) is 6.10 Å². The van der Waals surface area contributed by atoms with Crippen LogP contribution < -0.4 is 10.5 Å². The Balaban J connectivity index is 2.30. The van der Waals surface area contributed by atoms with Crippen LogP contribution in [0, 0.1) is 0 Å². The van der Waals surface area contributed by atoms with Crippen molar-refractivity contribution in [2.75, 3.05) is 6.61 Å². The second-order valence-corrected chi connectivity index (χ2v) is 3.26. The van der Waals surface area contributed by atoms with Crippen LogP contribution in [0.4, 0.5) is 0 Å². The molecule has 0 radical (unpaired) electrons. The molecule has 1 unspecified atom stereocenters. The van der Waals surface area contributed by atoms with Crippen LogP contribution in [-0.4, -0.2) is 18.5 Å². The first-order valence-electron chi connectivity index (χ1n) is 4.98. The van der Waals surface area contributed by atoms with Crippen LogP contribution in [0.3, 0.4) is 0 Å². The summed E-state index contributed by atoms with van der Waals surface area (Å²) in [5.41, 5.74) is 5.99. The lowest BCUT2D eigenvalue weighted by molar-refractivity contribution is -0.122. The minimum atomic E-state index is -0.775. The van der Waals surface area contributed by atoms with E-state index in [1.807, 2.05) is 19.1 Å². The molecule has 1 aliphatic heterocycles. The molecular formula is C11H12N2O3. The van der Waals surface area contributed by atoms with Crippen LogP contribution in [0.1, 0.15) is 18.6 Å². The van der Waals surface area contributed by atoms with Crippen molar-refractivity contribution in [2.24, 2.45) is 10.7 Å². The average molecular weight is 220 g/mol. The quantitative estimate of drug-likeness (QED) is 0.824. The number of carbonyl (C=O) groups is 1. The fraction of sp³-hybridized carbons (Fsp3) is 0.273. The maximum atomic E-state index is 11.5. The summed E-state index contributed by atoms with van der Waals surface area (Å²) in [4.78, 5) is 15.0. The summed E-state index contributed by atoms with van der Waals surface area (Å²) in [5.74, 6) is 0.220. The second kappa shape index (κ2) is 4.22. The van der Waals surface area contributed by atoms with Crippen molar-refractivity contribution < 1.29 is 14.3 Å². The van der Waals surface area contributed by atoms with E-state index in [4.69, 9.17) is 15.2 Å². The van der Waals surface area contributed by atoms with Gasteiger partial charge in [-0.1, -0.05) is 18.2 Å². The van der Waals surface area contributed by atoms with Crippen LogP contribution in [0.2, 0.25) is 0 Å². The molecule has 0 saturated heterocycles. The number of amides is 1. The lowest BCUT2D eigenvalue weighted by Gasteiger charge is -2.13. The summed E-state index contributed by atoms with van der Waals surface area (Å²) in [6.07, 6.45) is -0.775. The Kier molecular flexibility index (Phi) is 2.76. The third-order valence-electron chi connectivity index (χ3n) is 2.18. The smallest absolute Gasteiger partial charge is 0.296 e. The molecule has 1 aromatic carbocycles. The minimum Gasteiger partial charge on any atom is -0.493 e. The summed E-state index contributed by atoms with van der Waals surface area (Å²) < 4.78 is 10.6. The molecule has 1 amide bonds. The van der Waals surface area contributed by atoms with Crippen LogP contribution in [0.25, 0.3) is 0 Å². The summed E-state index contributed by atoms with van der Waals surface area (Å²) in [7, 11) is 0. The number of rotatable bonds is 3. The zero-order valence-corrected chi connectivity index (χ0v) is 8.84. The van der Waals surface area contributed by atoms with Crippen molar-refractivity contribution in [3.8, 4) is 5.75 Å². The normalized spacial score (nSPS) is 19.2. The van der Waals surface area contributed by atoms with Crippen molar-refractivity contribution in [2.45, 2.75) is 13.0 Å². The molecule has 0 saturated carbocycles. The third kappa shape index (κ3) is 1.84. The van der Waals surface area contributed by atoms with Gasteiger partial charge in [0.05, 0.1) is 6.61 Å². The Hall–Kier alpha value is -2.04. The highest BCUT2D eigenvalue weighted by Crippen LogP contribution is 2.30. The van der Waals surface area contributed by atoms with Crippen molar-refractivity contribution in [1.29, 1.82) is 0 Å². The van der Waals surface area contributed by atoms with Crippen LogP contribution in [-0.2, 0) is 9.53 Å². The van der Waals surface area contributed by atoms with E-state index in [2.05, 4.69) is 4.99 Å². The van der Waals surface area contributed by atoms with E-state index in [-0.39, 0.29) is 6.02 Å². The maximum Gasteiger partial charge on any atom is 0.296 e. The third-order valence-corrected chi connectivity index (χ3v) is 2.18. The second-order valence-electron chi connectivity index (χ2n) is 3.26. The molecule has 1 atom stereocenters. The molecule has 0 spiro atoms. The molecule has 1 aliphatic rings. The first-order chi connectivity index (χ1) is 7.72. The van der Waals surface area contributed by atoms with Gasteiger partial charge in [-0.3, -0.25) is 4.79 Å². The topological polar surface area (TPSA) is 73.9 Å². The minimum absolute atomic E-state index is 0.0960. The largest absolute Gasteiger partial charge is 0.493 e. The van der Waals surface area contributed by atoms with Gasteiger partial charge in [0.25, 0.3) is 11.9 Å². The van der Waals surface area contributed by atoms with Gasteiger partial charge in [-0.15, -0.1) is 0 Å². The van der Waals surface area contributed by atoms with E-state index >= 15 is 0 Å². The molecule has 2 rings (SSSR count). The van der Waals surface area contributed by atoms with Crippen molar-refractivity contribution in [1.82, 2.24) is 0 Å². The van der Waals surface area contributed by atoms with E-state index in [9.17, 15) is 4.79 Å². The molecule has 0 aromatic heterocycles. The molecule has 2 N–H and O–H groups in total. The highest BCUT2D eigenvalue weighted by atomic mass is 16.5. The van der Waals surface area contributed by atoms with Crippen molar-refractivity contribution in [3.63, 3.8) is 0 Å². The zero-order chi connectivity index (χ0) is 11.5. The predicted octanol–water partition coefficient (Wildman–Crippen LogP) is 0.998. The van der Waals surface area contributed by atoms with Gasteiger partial charge in [0.15, 0.2) is 0 Å². The lowest BCUT2D eigenvalue weighted by atomic mass is 10.1. The van der Waals surface area contributed by atoms with Gasteiger partial charge in [0, 0.05) is 5.56 Å². The molecule has 16 heavy (non-hydrogen) atoms. The molecule has 0 fully saturated rings. The highest BCUT2D eigenvalue weighted by molar-refractivity contribution is 5.98. The standard InChI is InChI=1S/C11H12N2O3/c1-2-15-8-6-4-3-5-7(8)9-10(14)13-11(12)16-9/h3-6,9H,2H2,1H3,(H2,12,13,14). The van der Waals surface area contributed by atoms with Gasteiger partial charge in [0.1, 0.15) is 5.75 Å². The molecule has 5 nitrogen and oxygen atoms in total. The predicted molar refractivity (Wildman–Crippen MR) is 58.1 cm³/mol. The molecule has 1 heterocycles. The number of nitrogens with two attached hydrogens (primary N) is 1. The number of ether oxygens (including phenoxy) is 2. The molecule has 0 aliphatic carbocycles. The molecule has 1 aromatic rings. The van der Waals surface area contributed by atoms with Crippen molar-refractivity contribution >= 4 is 11.9 Å². The van der Waals surface area contributed by atoms with Gasteiger partial charge in [-0.2, -0.15) is 4.99 Å². The first kappa shape index (κ1) is 10.5. The number of amidine groups is 1. The van der Waals surface area contributed by atoms with Crippen LogP contribution >= 0.6 is 0 Å². The number of hydrogen-bond donors (Lipinski definition) is 1. The Labute approximate surface area is 92.9 Å². The molecule has 84 valence electrons. The molecule has 5 heteroatoms. The zero-order valence-electron chi connectivity index (χ0n) is 8.84. The van der Waals surface area contributed by atoms with Crippen LogP contribution in [0.5, 0.6) is 5.75 Å². The molecular weight excluding hydrogens is 208 g/mol. The van der Waals surface area contributed by atoms with Gasteiger partial charge in [-0.05, 0) is 13.0 Å². The van der Waals surface area contributed by atoms with E-state index < -0.39 is 12.0 Å². The summed E-state index contributed by atoms with van der Waals surface area (Å²) >= 11 is 0. The van der Waals surface area contributed by atoms with E-state index in [0.29, 0.717) is 17.9 Å². The number of para-hydroxylation sites is 1. The monoisotopic (exact) mass is 220 g/mol. The van der Waals surface area contributed by atoms with Gasteiger partial charge >= 0.3 is 0 Å². The Morgan fingerprint density at radius 2 is 2.25 bits per heavy atom. The van der Waals surface area contributed by atoms with Crippen molar-refractivity contribution in [3.05, 3.63) is 29.8 Å². The fourth-order valence-corrected chi connectivity index (χ4v) is 1.55. The number of nitrogens with zero attached hydrogens (tertiary/aromatic N) is 1. The number of carbonyl (C=O) groups excluding carboxylic acids is 1. The SMILES string of the molecule is CCOc1ccccc1C1OC(N)=NC1=O. The summed E-state index contributed by atoms with van der Waals surface area (Å²) in [6, 6.07) is 7.09. The first-order valence-corrected chi connectivity index (χ1v) is 4.98. The maximum absolute atomic E-state index is 11.5. The van der Waals surface area contributed by atoms with Gasteiger partial charge in [-0.25, -0.2) is 0 Å².